The summed E-state index contributed by atoms with van der Waals surface area (Å²) in [6, 6.07) is 19.1. The number of sulfonamides is 1. The van der Waals surface area contributed by atoms with Gasteiger partial charge in [-0.1, -0.05) is 19.1 Å². The number of methoxy groups -OCH3 is 1. The molecule has 0 fully saturated rings. The summed E-state index contributed by atoms with van der Waals surface area (Å²) >= 11 is 0. The van der Waals surface area contributed by atoms with Crippen LogP contribution in [0.4, 0.5) is 11.4 Å². The van der Waals surface area contributed by atoms with Crippen LogP contribution < -0.4 is 14.8 Å². The quantitative estimate of drug-likeness (QED) is 0.441. The summed E-state index contributed by atoms with van der Waals surface area (Å²) < 4.78 is 38.0. The SMILES string of the molecule is CCc1ccc(NC(=O)C(C)OC(=O)c2ccc(S(=O)(=O)Nc3ccc(OC)cc3)cc2)cc1. The second-order valence-electron chi connectivity index (χ2n) is 7.45. The number of hydrogen-bond acceptors (Lipinski definition) is 6. The van der Waals surface area contributed by atoms with Crippen LogP contribution >= 0.6 is 0 Å². The van der Waals surface area contributed by atoms with Gasteiger partial charge in [-0.05, 0) is 79.6 Å². The summed E-state index contributed by atoms with van der Waals surface area (Å²) in [6.45, 7) is 3.50. The lowest BCUT2D eigenvalue weighted by molar-refractivity contribution is -0.123. The van der Waals surface area contributed by atoms with Crippen molar-refractivity contribution < 1.29 is 27.5 Å². The maximum atomic E-state index is 12.6. The smallest absolute Gasteiger partial charge is 0.338 e. The van der Waals surface area contributed by atoms with Crippen molar-refractivity contribution in [3.05, 3.63) is 83.9 Å². The fourth-order valence-corrected chi connectivity index (χ4v) is 4.05. The number of anilines is 2. The van der Waals surface area contributed by atoms with Crippen molar-refractivity contribution in [2.45, 2.75) is 31.3 Å². The van der Waals surface area contributed by atoms with Crippen molar-refractivity contribution in [1.82, 2.24) is 0 Å². The van der Waals surface area contributed by atoms with Gasteiger partial charge in [0.25, 0.3) is 15.9 Å². The van der Waals surface area contributed by atoms with E-state index in [2.05, 4.69) is 10.0 Å². The third-order valence-electron chi connectivity index (χ3n) is 5.03. The number of carbonyl (C=O) groups is 2. The van der Waals surface area contributed by atoms with Crippen LogP contribution in [0, 0.1) is 0 Å². The van der Waals surface area contributed by atoms with E-state index in [1.165, 1.54) is 38.3 Å². The highest BCUT2D eigenvalue weighted by molar-refractivity contribution is 7.92. The number of benzene rings is 3. The van der Waals surface area contributed by atoms with Crippen LogP contribution in [0.15, 0.2) is 77.7 Å². The van der Waals surface area contributed by atoms with E-state index in [1.807, 2.05) is 19.1 Å². The maximum Gasteiger partial charge on any atom is 0.338 e. The van der Waals surface area contributed by atoms with E-state index in [1.54, 1.807) is 36.4 Å². The number of esters is 1. The molecule has 0 aromatic heterocycles. The lowest BCUT2D eigenvalue weighted by Crippen LogP contribution is -2.30. The van der Waals surface area contributed by atoms with Crippen LogP contribution in [0.5, 0.6) is 5.75 Å². The van der Waals surface area contributed by atoms with Crippen LogP contribution in [0.25, 0.3) is 0 Å². The Morgan fingerprint density at radius 3 is 2.03 bits per heavy atom. The molecule has 3 aromatic rings. The Bertz CT molecular complexity index is 1240. The minimum atomic E-state index is -3.86. The fraction of sp³-hybridized carbons (Fsp3) is 0.200. The molecule has 0 radical (unpaired) electrons. The predicted molar refractivity (Wildman–Crippen MR) is 130 cm³/mol. The molecule has 3 aromatic carbocycles. The standard InChI is InChI=1S/C25H26N2O6S/c1-4-18-5-9-20(10-6-18)26-24(28)17(2)33-25(29)19-7-15-23(16-8-19)34(30,31)27-21-11-13-22(32-3)14-12-21/h5-17,27H,4H2,1-3H3,(H,26,28). The molecule has 2 N–H and O–H groups in total. The Morgan fingerprint density at radius 2 is 1.47 bits per heavy atom. The fourth-order valence-electron chi connectivity index (χ4n) is 2.99. The van der Waals surface area contributed by atoms with Crippen molar-refractivity contribution in [3.63, 3.8) is 0 Å². The number of hydrogen-bond donors (Lipinski definition) is 2. The van der Waals surface area contributed by atoms with Gasteiger partial charge in [0.15, 0.2) is 6.10 Å². The molecule has 0 spiro atoms. The zero-order chi connectivity index (χ0) is 24.7. The number of rotatable bonds is 9. The van der Waals surface area contributed by atoms with Gasteiger partial charge in [-0.2, -0.15) is 0 Å². The highest BCUT2D eigenvalue weighted by Gasteiger charge is 2.20. The van der Waals surface area contributed by atoms with E-state index < -0.39 is 28.0 Å². The van der Waals surface area contributed by atoms with Gasteiger partial charge in [0.1, 0.15) is 5.75 Å². The highest BCUT2D eigenvalue weighted by Crippen LogP contribution is 2.20. The van der Waals surface area contributed by atoms with E-state index in [0.29, 0.717) is 17.1 Å². The Kier molecular flexibility index (Phi) is 7.91. The molecule has 0 aliphatic rings. The summed E-state index contributed by atoms with van der Waals surface area (Å²) in [4.78, 5) is 24.8. The number of amides is 1. The molecular weight excluding hydrogens is 456 g/mol. The third kappa shape index (κ3) is 6.35. The van der Waals surface area contributed by atoms with Crippen molar-refractivity contribution in [2.75, 3.05) is 17.1 Å². The van der Waals surface area contributed by atoms with Gasteiger partial charge in [0, 0.05) is 11.4 Å². The molecule has 0 saturated heterocycles. The monoisotopic (exact) mass is 482 g/mol. The molecular formula is C25H26N2O6S. The molecule has 0 saturated carbocycles. The van der Waals surface area contributed by atoms with Gasteiger partial charge in [0.05, 0.1) is 17.6 Å². The number of aryl methyl sites for hydroxylation is 1. The largest absolute Gasteiger partial charge is 0.497 e. The van der Waals surface area contributed by atoms with Gasteiger partial charge in [-0.25, -0.2) is 13.2 Å². The summed E-state index contributed by atoms with van der Waals surface area (Å²) in [5, 5.41) is 2.70. The van der Waals surface area contributed by atoms with Gasteiger partial charge in [0.2, 0.25) is 0 Å². The first-order valence-electron chi connectivity index (χ1n) is 10.6. The molecule has 1 amide bonds. The minimum Gasteiger partial charge on any atom is -0.497 e. The van der Waals surface area contributed by atoms with Gasteiger partial charge < -0.3 is 14.8 Å². The maximum absolute atomic E-state index is 12.6. The molecule has 0 bridgehead atoms. The number of ether oxygens (including phenoxy) is 2. The third-order valence-corrected chi connectivity index (χ3v) is 6.42. The lowest BCUT2D eigenvalue weighted by Gasteiger charge is -2.14. The molecule has 3 rings (SSSR count). The zero-order valence-electron chi connectivity index (χ0n) is 19.1. The number of carbonyl (C=O) groups excluding carboxylic acids is 2. The topological polar surface area (TPSA) is 111 Å². The number of nitrogens with one attached hydrogen (secondary N) is 2. The van der Waals surface area contributed by atoms with E-state index in [-0.39, 0.29) is 10.5 Å². The highest BCUT2D eigenvalue weighted by atomic mass is 32.2. The van der Waals surface area contributed by atoms with Crippen molar-refractivity contribution in [2.24, 2.45) is 0 Å². The van der Waals surface area contributed by atoms with Crippen LogP contribution in [0.1, 0.15) is 29.8 Å². The minimum absolute atomic E-state index is 0.0267. The predicted octanol–water partition coefficient (Wildman–Crippen LogP) is 4.24. The van der Waals surface area contributed by atoms with Gasteiger partial charge in [-0.3, -0.25) is 9.52 Å². The van der Waals surface area contributed by atoms with Gasteiger partial charge in [-0.15, -0.1) is 0 Å². The van der Waals surface area contributed by atoms with E-state index >= 15 is 0 Å². The van der Waals surface area contributed by atoms with Crippen molar-refractivity contribution in [1.29, 1.82) is 0 Å². The second-order valence-corrected chi connectivity index (χ2v) is 9.13. The molecule has 0 aliphatic heterocycles. The van der Waals surface area contributed by atoms with Crippen molar-refractivity contribution in [3.8, 4) is 5.75 Å². The van der Waals surface area contributed by atoms with E-state index in [4.69, 9.17) is 9.47 Å². The summed E-state index contributed by atoms with van der Waals surface area (Å²) in [6.07, 6.45) is -0.154. The molecule has 178 valence electrons. The van der Waals surface area contributed by atoms with Crippen molar-refractivity contribution >= 4 is 33.3 Å². The molecule has 9 heteroatoms. The van der Waals surface area contributed by atoms with E-state index in [9.17, 15) is 18.0 Å². The average molecular weight is 483 g/mol. The van der Waals surface area contributed by atoms with Crippen LogP contribution in [-0.2, 0) is 26.0 Å². The summed E-state index contributed by atoms with van der Waals surface area (Å²) in [7, 11) is -2.34. The van der Waals surface area contributed by atoms with E-state index in [0.717, 1.165) is 12.0 Å². The second kappa shape index (κ2) is 10.8. The normalized spacial score (nSPS) is 11.9. The Morgan fingerprint density at radius 1 is 0.882 bits per heavy atom. The molecule has 0 heterocycles. The Hall–Kier alpha value is -3.85. The van der Waals surface area contributed by atoms with Crippen LogP contribution in [0.3, 0.4) is 0 Å². The summed E-state index contributed by atoms with van der Waals surface area (Å²) in [5.41, 5.74) is 2.23. The zero-order valence-corrected chi connectivity index (χ0v) is 19.9. The molecule has 8 nitrogen and oxygen atoms in total. The van der Waals surface area contributed by atoms with Crippen LogP contribution in [-0.4, -0.2) is 33.5 Å². The average Bonchev–Trinajstić information content (AvgIpc) is 2.84. The molecule has 1 atom stereocenters. The Labute approximate surface area is 199 Å². The first kappa shape index (κ1) is 24.8. The molecule has 1 unspecified atom stereocenters. The molecule has 0 aliphatic carbocycles. The Balaban J connectivity index is 1.60. The molecule has 34 heavy (non-hydrogen) atoms. The van der Waals surface area contributed by atoms with Gasteiger partial charge >= 0.3 is 5.97 Å². The van der Waals surface area contributed by atoms with Crippen LogP contribution in [0.2, 0.25) is 0 Å². The summed E-state index contributed by atoms with van der Waals surface area (Å²) in [5.74, 6) is -0.611. The first-order valence-corrected chi connectivity index (χ1v) is 12.1. The first-order chi connectivity index (χ1) is 16.2. The lowest BCUT2D eigenvalue weighted by atomic mass is 10.1.